The number of halogens is 1. The fraction of sp³-hybridized carbons (Fsp3) is 0.400. The topological polar surface area (TPSA) is 110 Å². The van der Waals surface area contributed by atoms with E-state index in [4.69, 9.17) is 21.3 Å². The molecule has 10 heteroatoms. The number of piperazine rings is 1. The molecule has 4 aromatic rings. The summed E-state index contributed by atoms with van der Waals surface area (Å²) in [5, 5.41) is 14.5. The van der Waals surface area contributed by atoms with Gasteiger partial charge in [-0.3, -0.25) is 9.69 Å². The number of nitrogens with one attached hydrogen (secondary N) is 3. The number of aliphatic hydroxyl groups excluding tert-OH is 1. The molecule has 0 radical (unpaired) electrons. The molecule has 1 unspecified atom stereocenters. The fourth-order valence-electron chi connectivity index (χ4n) is 5.87. The van der Waals surface area contributed by atoms with Crippen molar-refractivity contribution >= 4 is 34.0 Å². The van der Waals surface area contributed by atoms with Crippen LogP contribution >= 0.6 is 11.6 Å². The summed E-state index contributed by atoms with van der Waals surface area (Å²) in [6.07, 6.45) is 3.04. The predicted molar refractivity (Wildman–Crippen MR) is 159 cm³/mol. The number of pyridine rings is 1. The largest absolute Gasteiger partial charge is 0.387 e. The van der Waals surface area contributed by atoms with Crippen molar-refractivity contribution in [3.63, 3.8) is 0 Å². The second-order valence-electron chi connectivity index (χ2n) is 10.7. The van der Waals surface area contributed by atoms with Crippen LogP contribution in [0.1, 0.15) is 30.1 Å². The van der Waals surface area contributed by atoms with Crippen LogP contribution in [-0.4, -0.2) is 76.9 Å². The van der Waals surface area contributed by atoms with Crippen molar-refractivity contribution in [2.75, 3.05) is 56.2 Å². The lowest BCUT2D eigenvalue weighted by molar-refractivity contribution is 0.0321. The van der Waals surface area contributed by atoms with Crippen molar-refractivity contribution < 1.29 is 9.84 Å². The van der Waals surface area contributed by atoms with E-state index in [0.29, 0.717) is 33.7 Å². The van der Waals surface area contributed by atoms with Crippen LogP contribution in [0.5, 0.6) is 0 Å². The van der Waals surface area contributed by atoms with Gasteiger partial charge in [-0.05, 0) is 61.2 Å². The van der Waals surface area contributed by atoms with Crippen molar-refractivity contribution in [2.45, 2.75) is 31.9 Å². The predicted octanol–water partition coefficient (Wildman–Crippen LogP) is 4.33. The van der Waals surface area contributed by atoms with E-state index in [9.17, 15) is 9.90 Å². The molecule has 0 aliphatic carbocycles. The van der Waals surface area contributed by atoms with Crippen molar-refractivity contribution in [1.82, 2.24) is 19.9 Å². The molecule has 2 aliphatic heterocycles. The summed E-state index contributed by atoms with van der Waals surface area (Å²) in [7, 11) is 0. The molecule has 2 saturated heterocycles. The maximum absolute atomic E-state index is 13.0. The summed E-state index contributed by atoms with van der Waals surface area (Å²) in [6.45, 7) is 8.05. The van der Waals surface area contributed by atoms with Gasteiger partial charge in [0.05, 0.1) is 22.8 Å². The van der Waals surface area contributed by atoms with Crippen LogP contribution in [-0.2, 0) is 4.74 Å². The summed E-state index contributed by atoms with van der Waals surface area (Å²) in [6, 6.07) is 13.9. The van der Waals surface area contributed by atoms with Gasteiger partial charge in [0.1, 0.15) is 11.4 Å². The van der Waals surface area contributed by atoms with E-state index >= 15 is 0 Å². The first-order valence-corrected chi connectivity index (χ1v) is 14.3. The molecule has 0 bridgehead atoms. The number of anilines is 2. The monoisotopic (exact) mass is 562 g/mol. The van der Waals surface area contributed by atoms with Gasteiger partial charge in [-0.25, -0.2) is 4.98 Å². The second-order valence-corrected chi connectivity index (χ2v) is 11.1. The van der Waals surface area contributed by atoms with Gasteiger partial charge < -0.3 is 30.0 Å². The Morgan fingerprint density at radius 2 is 1.95 bits per heavy atom. The third kappa shape index (κ3) is 5.60. The second kappa shape index (κ2) is 11.6. The lowest BCUT2D eigenvalue weighted by atomic mass is 10.1. The van der Waals surface area contributed by atoms with Crippen molar-refractivity contribution in [2.24, 2.45) is 0 Å². The minimum absolute atomic E-state index is 0.208. The van der Waals surface area contributed by atoms with Crippen LogP contribution in [0.25, 0.3) is 22.4 Å². The Morgan fingerprint density at radius 3 is 2.73 bits per heavy atom. The third-order valence-electron chi connectivity index (χ3n) is 8.07. The molecule has 0 amide bonds. The SMILES string of the molecule is Cc1cc(N2CCN(C3CCOCC3)CC2)cc2[nH]c(-c3c(NCC(O)c4cccc(Cl)c4)cc[nH]c3=O)nc12. The zero-order chi connectivity index (χ0) is 27.6. The molecule has 4 N–H and O–H groups in total. The molecular formula is C30H35ClN6O3. The highest BCUT2D eigenvalue weighted by Gasteiger charge is 2.26. The van der Waals surface area contributed by atoms with E-state index < -0.39 is 6.10 Å². The lowest BCUT2D eigenvalue weighted by Gasteiger charge is -2.41. The van der Waals surface area contributed by atoms with E-state index in [1.165, 1.54) is 0 Å². The first kappa shape index (κ1) is 26.8. The Bertz CT molecular complexity index is 1540. The molecule has 4 heterocycles. The van der Waals surface area contributed by atoms with Gasteiger partial charge in [0, 0.05) is 68.9 Å². The van der Waals surface area contributed by atoms with Crippen LogP contribution in [0.4, 0.5) is 11.4 Å². The van der Waals surface area contributed by atoms with Crippen LogP contribution in [0.15, 0.2) is 53.5 Å². The zero-order valence-electron chi connectivity index (χ0n) is 22.6. The molecule has 0 saturated carbocycles. The number of hydrogen-bond acceptors (Lipinski definition) is 7. The standard InChI is InChI=1S/C30H35ClN6O3/c1-19-15-23(37-11-9-36(10-12-37)22-6-13-40-14-7-22)17-25-28(19)35-29(34-25)27-24(5-8-32-30(27)39)33-18-26(38)20-3-2-4-21(31)16-20/h2-5,8,15-17,22,26,38H,6-7,9-14,18H2,1H3,(H,34,35)(H2,32,33,39). The number of H-pyrrole nitrogens is 2. The number of imidazole rings is 1. The number of rotatable bonds is 7. The van der Waals surface area contributed by atoms with Gasteiger partial charge in [0.25, 0.3) is 5.56 Å². The highest BCUT2D eigenvalue weighted by atomic mass is 35.5. The number of fused-ring (bicyclic) bond motifs is 1. The molecule has 2 fully saturated rings. The Labute approximate surface area is 238 Å². The number of aliphatic hydroxyl groups is 1. The maximum atomic E-state index is 13.0. The quantitative estimate of drug-likeness (QED) is 0.265. The van der Waals surface area contributed by atoms with Crippen molar-refractivity contribution in [3.05, 3.63) is 75.2 Å². The highest BCUT2D eigenvalue weighted by molar-refractivity contribution is 6.30. The van der Waals surface area contributed by atoms with Crippen molar-refractivity contribution in [1.29, 1.82) is 0 Å². The molecule has 2 aromatic heterocycles. The fourth-order valence-corrected chi connectivity index (χ4v) is 6.07. The van der Waals surface area contributed by atoms with E-state index in [-0.39, 0.29) is 12.1 Å². The Hall–Kier alpha value is -3.37. The summed E-state index contributed by atoms with van der Waals surface area (Å²) >= 11 is 6.08. The van der Waals surface area contributed by atoms with Gasteiger partial charge in [-0.15, -0.1) is 0 Å². The molecular weight excluding hydrogens is 528 g/mol. The van der Waals surface area contributed by atoms with Gasteiger partial charge in [-0.1, -0.05) is 23.7 Å². The van der Waals surface area contributed by atoms with Gasteiger partial charge >= 0.3 is 0 Å². The minimum atomic E-state index is -0.793. The first-order valence-electron chi connectivity index (χ1n) is 13.9. The number of nitrogens with zero attached hydrogens (tertiary/aromatic N) is 3. The molecule has 210 valence electrons. The van der Waals surface area contributed by atoms with Crippen LogP contribution < -0.4 is 15.8 Å². The van der Waals surface area contributed by atoms with Gasteiger partial charge in [0.2, 0.25) is 0 Å². The van der Waals surface area contributed by atoms with E-state index in [2.05, 4.69) is 44.1 Å². The Balaban J connectivity index is 1.21. The average Bonchev–Trinajstić information content (AvgIpc) is 3.41. The Kier molecular flexibility index (Phi) is 7.80. The normalized spacial score (nSPS) is 17.8. The number of aryl methyl sites for hydroxylation is 1. The summed E-state index contributed by atoms with van der Waals surface area (Å²) in [5.74, 6) is 0.487. The first-order chi connectivity index (χ1) is 19.5. The van der Waals surface area contributed by atoms with Crippen LogP contribution in [0.3, 0.4) is 0 Å². The molecule has 9 nitrogen and oxygen atoms in total. The number of ether oxygens (including phenoxy) is 1. The maximum Gasteiger partial charge on any atom is 0.261 e. The zero-order valence-corrected chi connectivity index (χ0v) is 23.4. The average molecular weight is 563 g/mol. The molecule has 2 aromatic carbocycles. The molecule has 40 heavy (non-hydrogen) atoms. The molecule has 1 atom stereocenters. The van der Waals surface area contributed by atoms with E-state index in [1.807, 2.05) is 6.07 Å². The summed E-state index contributed by atoms with van der Waals surface area (Å²) in [4.78, 5) is 29.0. The lowest BCUT2D eigenvalue weighted by Crippen LogP contribution is -2.51. The molecule has 0 spiro atoms. The van der Waals surface area contributed by atoms with Crippen LogP contribution in [0, 0.1) is 6.92 Å². The number of hydrogen-bond donors (Lipinski definition) is 4. The Morgan fingerprint density at radius 1 is 1.15 bits per heavy atom. The minimum Gasteiger partial charge on any atom is -0.387 e. The smallest absolute Gasteiger partial charge is 0.261 e. The van der Waals surface area contributed by atoms with E-state index in [1.54, 1.807) is 30.5 Å². The number of benzene rings is 2. The summed E-state index contributed by atoms with van der Waals surface area (Å²) in [5.41, 5.74) is 5.39. The highest BCUT2D eigenvalue weighted by Crippen LogP contribution is 2.30. The molecule has 2 aliphatic rings. The van der Waals surface area contributed by atoms with Crippen molar-refractivity contribution in [3.8, 4) is 11.4 Å². The number of aromatic nitrogens is 3. The van der Waals surface area contributed by atoms with E-state index in [0.717, 1.165) is 74.5 Å². The summed E-state index contributed by atoms with van der Waals surface area (Å²) < 4.78 is 5.54. The molecule has 6 rings (SSSR count). The van der Waals surface area contributed by atoms with Gasteiger partial charge in [0.15, 0.2) is 0 Å². The third-order valence-corrected chi connectivity index (χ3v) is 8.30. The van der Waals surface area contributed by atoms with Gasteiger partial charge in [-0.2, -0.15) is 0 Å². The van der Waals surface area contributed by atoms with Crippen LogP contribution in [0.2, 0.25) is 5.02 Å². The number of aromatic amines is 2.